The van der Waals surface area contributed by atoms with Crippen molar-refractivity contribution in [2.24, 2.45) is 5.73 Å². The Balaban J connectivity index is 1.77. The van der Waals surface area contributed by atoms with Crippen molar-refractivity contribution in [1.29, 1.82) is 0 Å². The maximum atomic E-state index is 12.5. The number of nitrogens with one attached hydrogen (secondary N) is 1. The molecule has 1 unspecified atom stereocenters. The molecule has 0 bridgehead atoms. The molecule has 2 amide bonds. The summed E-state index contributed by atoms with van der Waals surface area (Å²) in [6, 6.07) is 5.33. The Hall–Kier alpha value is -1.92. The smallest absolute Gasteiger partial charge is 0.254 e. The molecule has 1 fully saturated rings. The molecule has 1 saturated heterocycles. The molecule has 0 saturated carbocycles. The number of rotatable bonds is 2. The van der Waals surface area contributed by atoms with Crippen molar-refractivity contribution in [2.75, 3.05) is 31.6 Å². The molecule has 1 atom stereocenters. The lowest BCUT2D eigenvalue weighted by Crippen LogP contribution is -2.48. The van der Waals surface area contributed by atoms with E-state index in [1.165, 1.54) is 0 Å². The summed E-state index contributed by atoms with van der Waals surface area (Å²) in [6.07, 6.45) is 0.246. The van der Waals surface area contributed by atoms with E-state index in [1.54, 1.807) is 23.1 Å². The Bertz CT molecular complexity index is 559. The highest BCUT2D eigenvalue weighted by Crippen LogP contribution is 2.24. The van der Waals surface area contributed by atoms with Crippen LogP contribution in [0.2, 0.25) is 0 Å². The highest BCUT2D eigenvalue weighted by atomic mass is 16.5. The van der Waals surface area contributed by atoms with Gasteiger partial charge in [-0.2, -0.15) is 0 Å². The Morgan fingerprint density at radius 2 is 2.35 bits per heavy atom. The van der Waals surface area contributed by atoms with Crippen molar-refractivity contribution in [3.63, 3.8) is 0 Å². The van der Waals surface area contributed by atoms with Crippen molar-refractivity contribution in [1.82, 2.24) is 4.90 Å². The average Bonchev–Trinajstić information content (AvgIpc) is 2.85. The Morgan fingerprint density at radius 3 is 3.15 bits per heavy atom. The number of morpholine rings is 1. The van der Waals surface area contributed by atoms with Gasteiger partial charge in [0.05, 0.1) is 19.1 Å². The minimum absolute atomic E-state index is 0.0285. The second-order valence-corrected chi connectivity index (χ2v) is 5.08. The van der Waals surface area contributed by atoms with Gasteiger partial charge in [0.2, 0.25) is 5.91 Å². The summed E-state index contributed by atoms with van der Waals surface area (Å²) in [6.45, 7) is 2.01. The zero-order valence-electron chi connectivity index (χ0n) is 11.1. The summed E-state index contributed by atoms with van der Waals surface area (Å²) in [5.74, 6) is -0.0620. The van der Waals surface area contributed by atoms with Crippen LogP contribution in [0.25, 0.3) is 0 Å². The number of nitrogens with two attached hydrogens (primary N) is 1. The third-order valence-corrected chi connectivity index (χ3v) is 3.67. The fraction of sp³-hybridized carbons (Fsp3) is 0.429. The summed E-state index contributed by atoms with van der Waals surface area (Å²) >= 11 is 0. The number of nitrogens with zero attached hydrogens (tertiary/aromatic N) is 1. The topological polar surface area (TPSA) is 84.7 Å². The Kier molecular flexibility index (Phi) is 3.42. The van der Waals surface area contributed by atoms with Gasteiger partial charge in [0.25, 0.3) is 5.91 Å². The van der Waals surface area contributed by atoms with E-state index in [2.05, 4.69) is 5.32 Å². The minimum Gasteiger partial charge on any atom is -0.373 e. The van der Waals surface area contributed by atoms with Crippen LogP contribution in [-0.4, -0.2) is 49.1 Å². The molecule has 0 spiro atoms. The second kappa shape index (κ2) is 5.22. The zero-order chi connectivity index (χ0) is 14.1. The largest absolute Gasteiger partial charge is 0.373 e. The Morgan fingerprint density at radius 1 is 1.50 bits per heavy atom. The van der Waals surface area contributed by atoms with Gasteiger partial charge in [-0.3, -0.25) is 9.59 Å². The summed E-state index contributed by atoms with van der Waals surface area (Å²) in [5, 5.41) is 2.76. The van der Waals surface area contributed by atoms with Gasteiger partial charge in [0, 0.05) is 30.9 Å². The minimum atomic E-state index is -0.0922. The number of carbonyl (C=O) groups is 2. The van der Waals surface area contributed by atoms with Crippen LogP contribution in [0.5, 0.6) is 0 Å². The molecule has 106 valence electrons. The van der Waals surface area contributed by atoms with Crippen LogP contribution in [0.15, 0.2) is 18.2 Å². The normalized spacial score (nSPS) is 21.6. The van der Waals surface area contributed by atoms with E-state index in [1.807, 2.05) is 0 Å². The quantitative estimate of drug-likeness (QED) is 0.794. The van der Waals surface area contributed by atoms with Crippen LogP contribution in [-0.2, 0) is 16.0 Å². The number of benzene rings is 1. The fourth-order valence-corrected chi connectivity index (χ4v) is 2.59. The summed E-state index contributed by atoms with van der Waals surface area (Å²) < 4.78 is 5.46. The SMILES string of the molecule is NCC1CN(C(=O)c2ccc3c(c2)CC(=O)N3)CCO1. The number of fused-ring (bicyclic) bond motifs is 1. The van der Waals surface area contributed by atoms with Crippen LogP contribution < -0.4 is 11.1 Å². The van der Waals surface area contributed by atoms with Crippen molar-refractivity contribution >= 4 is 17.5 Å². The van der Waals surface area contributed by atoms with E-state index in [-0.39, 0.29) is 17.9 Å². The first-order valence-corrected chi connectivity index (χ1v) is 6.71. The molecule has 3 N–H and O–H groups in total. The maximum Gasteiger partial charge on any atom is 0.254 e. The number of ether oxygens (including phenoxy) is 1. The van der Waals surface area contributed by atoms with E-state index < -0.39 is 0 Å². The van der Waals surface area contributed by atoms with Gasteiger partial charge >= 0.3 is 0 Å². The van der Waals surface area contributed by atoms with Crippen LogP contribution in [0.3, 0.4) is 0 Å². The zero-order valence-corrected chi connectivity index (χ0v) is 11.1. The molecule has 2 aliphatic heterocycles. The number of amides is 2. The molecule has 3 rings (SSSR count). The predicted octanol–water partition coefficient (Wildman–Crippen LogP) is -0.0191. The average molecular weight is 275 g/mol. The molecule has 6 nitrogen and oxygen atoms in total. The molecule has 0 radical (unpaired) electrons. The van der Waals surface area contributed by atoms with E-state index in [4.69, 9.17) is 10.5 Å². The number of hydrogen-bond acceptors (Lipinski definition) is 4. The van der Waals surface area contributed by atoms with Gasteiger partial charge in [-0.15, -0.1) is 0 Å². The van der Waals surface area contributed by atoms with Crippen LogP contribution in [0, 0.1) is 0 Å². The molecule has 0 aliphatic carbocycles. The van der Waals surface area contributed by atoms with Crippen LogP contribution in [0.4, 0.5) is 5.69 Å². The predicted molar refractivity (Wildman–Crippen MR) is 73.5 cm³/mol. The summed E-state index contributed by atoms with van der Waals surface area (Å²) in [5.41, 5.74) is 7.87. The summed E-state index contributed by atoms with van der Waals surface area (Å²) in [7, 11) is 0. The van der Waals surface area contributed by atoms with E-state index in [9.17, 15) is 9.59 Å². The van der Waals surface area contributed by atoms with Gasteiger partial charge in [-0.05, 0) is 23.8 Å². The highest BCUT2D eigenvalue weighted by molar-refractivity contribution is 6.01. The molecule has 2 aliphatic rings. The third kappa shape index (κ3) is 2.39. The fourth-order valence-electron chi connectivity index (χ4n) is 2.59. The third-order valence-electron chi connectivity index (χ3n) is 3.67. The molecule has 2 heterocycles. The lowest BCUT2D eigenvalue weighted by molar-refractivity contribution is -0.115. The number of hydrogen-bond donors (Lipinski definition) is 2. The molecular formula is C14H17N3O3. The molecule has 0 aromatic heterocycles. The van der Waals surface area contributed by atoms with Gasteiger partial charge in [0.1, 0.15) is 0 Å². The van der Waals surface area contributed by atoms with Gasteiger partial charge < -0.3 is 20.7 Å². The molecule has 1 aromatic rings. The second-order valence-electron chi connectivity index (χ2n) is 5.08. The summed E-state index contributed by atoms with van der Waals surface area (Å²) in [4.78, 5) is 25.6. The number of carbonyl (C=O) groups excluding carboxylic acids is 2. The maximum absolute atomic E-state index is 12.5. The number of anilines is 1. The molecular weight excluding hydrogens is 258 g/mol. The molecule has 20 heavy (non-hydrogen) atoms. The van der Waals surface area contributed by atoms with Crippen LogP contribution >= 0.6 is 0 Å². The standard InChI is InChI=1S/C14H17N3O3/c15-7-11-8-17(3-4-20-11)14(19)9-1-2-12-10(5-9)6-13(18)16-12/h1-2,5,11H,3-4,6-8,15H2,(H,16,18). The first-order chi connectivity index (χ1) is 9.67. The first-order valence-electron chi connectivity index (χ1n) is 6.71. The highest BCUT2D eigenvalue weighted by Gasteiger charge is 2.25. The van der Waals surface area contributed by atoms with E-state index in [0.29, 0.717) is 38.2 Å². The van der Waals surface area contributed by atoms with Gasteiger partial charge in [-0.1, -0.05) is 0 Å². The molecule has 6 heteroatoms. The van der Waals surface area contributed by atoms with Crippen LogP contribution in [0.1, 0.15) is 15.9 Å². The Labute approximate surface area is 116 Å². The molecule has 1 aromatic carbocycles. The van der Waals surface area contributed by atoms with E-state index in [0.717, 1.165) is 11.3 Å². The lowest BCUT2D eigenvalue weighted by atomic mass is 10.1. The van der Waals surface area contributed by atoms with Crippen molar-refractivity contribution in [3.05, 3.63) is 29.3 Å². The van der Waals surface area contributed by atoms with E-state index >= 15 is 0 Å². The van der Waals surface area contributed by atoms with Crippen molar-refractivity contribution < 1.29 is 14.3 Å². The van der Waals surface area contributed by atoms with Crippen molar-refractivity contribution in [2.45, 2.75) is 12.5 Å². The monoisotopic (exact) mass is 275 g/mol. The van der Waals surface area contributed by atoms with Gasteiger partial charge in [0.15, 0.2) is 0 Å². The van der Waals surface area contributed by atoms with Gasteiger partial charge in [-0.25, -0.2) is 0 Å². The first kappa shape index (κ1) is 13.1. The lowest BCUT2D eigenvalue weighted by Gasteiger charge is -2.32. The van der Waals surface area contributed by atoms with Crippen molar-refractivity contribution in [3.8, 4) is 0 Å².